The Morgan fingerprint density at radius 2 is 1.62 bits per heavy atom. The Morgan fingerprint density at radius 3 is 2.21 bits per heavy atom. The smallest absolute Gasteiger partial charge is 0.373 e. The summed E-state index contributed by atoms with van der Waals surface area (Å²) in [5, 5.41) is 1.06. The summed E-state index contributed by atoms with van der Waals surface area (Å²) in [5.74, 6) is -1.26. The molecule has 0 saturated heterocycles. The largest absolute Gasteiger partial charge is 1.00 e. The number of carbonyl (C=O) groups is 2. The number of esters is 1. The van der Waals surface area contributed by atoms with Gasteiger partial charge in [0.1, 0.15) is 11.3 Å². The number of fused-ring (bicyclic) bond motifs is 1. The molecule has 42 heavy (non-hydrogen) atoms. The van der Waals surface area contributed by atoms with Crippen molar-refractivity contribution in [2.45, 2.75) is 44.7 Å². The zero-order valence-electron chi connectivity index (χ0n) is 22.7. The van der Waals surface area contributed by atoms with Crippen molar-refractivity contribution >= 4 is 61.7 Å². The summed E-state index contributed by atoms with van der Waals surface area (Å²) in [6.07, 6.45) is 2.95. The minimum Gasteiger partial charge on any atom is -1.00 e. The molecule has 2 aromatic carbocycles. The third kappa shape index (κ3) is 6.75. The van der Waals surface area contributed by atoms with Crippen LogP contribution in [-0.4, -0.2) is 34.5 Å². The molecule has 0 aliphatic rings. The third-order valence-corrected chi connectivity index (χ3v) is 7.78. The molecule has 0 radical (unpaired) electrons. The van der Waals surface area contributed by atoms with Crippen molar-refractivity contribution < 1.29 is 44.3 Å². The van der Waals surface area contributed by atoms with Gasteiger partial charge in [0.2, 0.25) is 12.5 Å². The van der Waals surface area contributed by atoms with E-state index in [4.69, 9.17) is 27.9 Å². The molecular formula is C27H25BrCl2N4O7S. The molecule has 0 fully saturated rings. The highest BCUT2D eigenvalue weighted by Crippen LogP contribution is 2.22. The highest BCUT2D eigenvalue weighted by atomic mass is 79.9. The summed E-state index contributed by atoms with van der Waals surface area (Å²) in [7, 11) is -4.75. The molecule has 0 N–H and O–H groups in total. The Kier molecular flexibility index (Phi) is 9.72. The van der Waals surface area contributed by atoms with E-state index in [2.05, 4.69) is 0 Å². The number of nitrogens with zero attached hydrogens (tertiary/aromatic N) is 4. The van der Waals surface area contributed by atoms with E-state index in [9.17, 15) is 27.6 Å². The molecule has 2 heterocycles. The number of aromatic nitrogens is 3. The van der Waals surface area contributed by atoms with Gasteiger partial charge in [-0.25, -0.2) is 23.0 Å². The number of halogens is 3. The van der Waals surface area contributed by atoms with Crippen LogP contribution in [0, 0.1) is 0 Å². The van der Waals surface area contributed by atoms with Crippen molar-refractivity contribution in [3.63, 3.8) is 0 Å². The lowest BCUT2D eigenvalue weighted by atomic mass is 10.2. The first-order valence-corrected chi connectivity index (χ1v) is 14.3. The Morgan fingerprint density at radius 1 is 1.00 bits per heavy atom. The Hall–Kier alpha value is -3.52. The van der Waals surface area contributed by atoms with E-state index in [1.54, 1.807) is 27.0 Å². The predicted octanol–water partition coefficient (Wildman–Crippen LogP) is 0.156. The Labute approximate surface area is 261 Å². The number of anilines is 1. The molecule has 4 aromatic rings. The maximum atomic E-state index is 13.9. The molecule has 1 amide bonds. The van der Waals surface area contributed by atoms with Gasteiger partial charge in [-0.1, -0.05) is 23.2 Å². The van der Waals surface area contributed by atoms with Crippen LogP contribution in [-0.2, 0) is 30.9 Å². The Balaban J connectivity index is 0.00000484. The van der Waals surface area contributed by atoms with E-state index in [1.807, 2.05) is 0 Å². The first-order chi connectivity index (χ1) is 19.1. The van der Waals surface area contributed by atoms with Crippen LogP contribution in [0.2, 0.25) is 10.0 Å². The van der Waals surface area contributed by atoms with Crippen LogP contribution in [0.15, 0.2) is 81.5 Å². The fraction of sp³-hybridized carbons (Fsp3) is 0.222. The van der Waals surface area contributed by atoms with E-state index in [-0.39, 0.29) is 59.0 Å². The summed E-state index contributed by atoms with van der Waals surface area (Å²) < 4.78 is 34.8. The van der Waals surface area contributed by atoms with Crippen molar-refractivity contribution in [3.8, 4) is 0 Å². The van der Waals surface area contributed by atoms with Gasteiger partial charge < -0.3 is 21.7 Å². The van der Waals surface area contributed by atoms with Gasteiger partial charge in [-0.15, -0.1) is 3.97 Å². The van der Waals surface area contributed by atoms with Crippen molar-refractivity contribution in [1.29, 1.82) is 0 Å². The Bertz CT molecular complexity index is 1920. The van der Waals surface area contributed by atoms with Gasteiger partial charge in [-0.3, -0.25) is 9.59 Å². The van der Waals surface area contributed by atoms with Gasteiger partial charge in [0, 0.05) is 23.0 Å². The highest BCUT2D eigenvalue weighted by Gasteiger charge is 2.30. The molecule has 0 unspecified atom stereocenters. The van der Waals surface area contributed by atoms with Crippen molar-refractivity contribution in [1.82, 2.24) is 8.65 Å². The first kappa shape index (κ1) is 33.0. The van der Waals surface area contributed by atoms with Gasteiger partial charge in [0.15, 0.2) is 12.4 Å². The summed E-state index contributed by atoms with van der Waals surface area (Å²) in [5.41, 5.74) is -3.24. The minimum atomic E-state index is -4.75. The second-order valence-corrected chi connectivity index (χ2v) is 12.6. The van der Waals surface area contributed by atoms with Crippen molar-refractivity contribution in [3.05, 3.63) is 97.9 Å². The number of pyridine rings is 1. The van der Waals surface area contributed by atoms with Crippen LogP contribution in [0.4, 0.5) is 5.69 Å². The maximum Gasteiger partial charge on any atom is 0.373 e. The molecule has 0 spiro atoms. The lowest BCUT2D eigenvalue weighted by Gasteiger charge is -2.24. The summed E-state index contributed by atoms with van der Waals surface area (Å²) in [6.45, 7) is 6.09. The molecule has 11 nitrogen and oxygen atoms in total. The summed E-state index contributed by atoms with van der Waals surface area (Å²) in [6, 6.07) is 11.8. The van der Waals surface area contributed by atoms with Crippen LogP contribution in [0.25, 0.3) is 10.9 Å². The number of ether oxygens (including phenoxy) is 1. The van der Waals surface area contributed by atoms with Crippen LogP contribution in [0.5, 0.6) is 0 Å². The molecule has 0 atom stereocenters. The van der Waals surface area contributed by atoms with E-state index in [1.165, 1.54) is 53.2 Å². The molecule has 4 rings (SSSR count). The first-order valence-electron chi connectivity index (χ1n) is 12.1. The van der Waals surface area contributed by atoms with Gasteiger partial charge >= 0.3 is 11.7 Å². The predicted molar refractivity (Wildman–Crippen MR) is 153 cm³/mol. The molecule has 0 aliphatic carbocycles. The van der Waals surface area contributed by atoms with E-state index >= 15 is 0 Å². The van der Waals surface area contributed by atoms with E-state index < -0.39 is 38.7 Å². The average molecular weight is 700 g/mol. The average Bonchev–Trinajstić information content (AvgIpc) is 2.85. The summed E-state index contributed by atoms with van der Waals surface area (Å²) >= 11 is 12.1. The third-order valence-electron chi connectivity index (χ3n) is 5.63. The lowest BCUT2D eigenvalue weighted by Crippen LogP contribution is -3.00. The van der Waals surface area contributed by atoms with Crippen LogP contribution >= 0.6 is 23.2 Å². The highest BCUT2D eigenvalue weighted by molar-refractivity contribution is 7.90. The molecule has 0 aliphatic heterocycles. The van der Waals surface area contributed by atoms with Gasteiger partial charge in [-0.2, -0.15) is 9.24 Å². The van der Waals surface area contributed by atoms with Crippen LogP contribution in [0.3, 0.4) is 0 Å². The van der Waals surface area contributed by atoms with Gasteiger partial charge in [-0.05, 0) is 69.3 Å². The van der Waals surface area contributed by atoms with Crippen LogP contribution < -0.4 is 37.8 Å². The molecule has 0 bridgehead atoms. The maximum absolute atomic E-state index is 13.9. The fourth-order valence-corrected chi connectivity index (χ4v) is 5.64. The second-order valence-electron chi connectivity index (χ2n) is 9.94. The number of amides is 1. The standard InChI is InChI=1S/C27H25Cl2N4O7S.BrH/c1-17(34)31(20-6-5-13-30(15-20)16-24(35)40-27(2,3)4)32-23-14-19(29)9-12-22(23)25(36)33(26(32)37)41(38,39)21-10-7-18(28)8-11-21;/h5-15H,16H2,1-4H3;1H/q+1;/p-1. The number of carbonyl (C=O) groups excluding carboxylic acids is 2. The molecule has 15 heteroatoms. The van der Waals surface area contributed by atoms with Gasteiger partial charge in [0.05, 0.1) is 15.8 Å². The normalized spacial score (nSPS) is 11.6. The number of hydrogen-bond donors (Lipinski definition) is 0. The van der Waals surface area contributed by atoms with Crippen molar-refractivity contribution in [2.24, 2.45) is 0 Å². The van der Waals surface area contributed by atoms with Crippen molar-refractivity contribution in [2.75, 3.05) is 5.01 Å². The molecule has 222 valence electrons. The summed E-state index contributed by atoms with van der Waals surface area (Å²) in [4.78, 5) is 52.5. The topological polar surface area (TPSA) is 129 Å². The monoisotopic (exact) mass is 698 g/mol. The second kappa shape index (κ2) is 12.4. The molecule has 2 aromatic heterocycles. The number of hydrogen-bond acceptors (Lipinski definition) is 7. The van der Waals surface area contributed by atoms with E-state index in [0.29, 0.717) is 0 Å². The van der Waals surface area contributed by atoms with Crippen LogP contribution in [0.1, 0.15) is 27.7 Å². The number of rotatable bonds is 6. The molecule has 0 saturated carbocycles. The zero-order chi connectivity index (χ0) is 30.3. The molecular weight excluding hydrogens is 675 g/mol. The van der Waals surface area contributed by atoms with E-state index in [0.717, 1.165) is 28.7 Å². The lowest BCUT2D eigenvalue weighted by molar-refractivity contribution is -0.685. The SMILES string of the molecule is CC(=O)N(c1ccc[n+](CC(=O)OC(C)(C)C)c1)n1c(=O)n(S(=O)(=O)c2ccc(Cl)cc2)c(=O)c2ccc(Cl)cc21.[Br-]. The zero-order valence-corrected chi connectivity index (χ0v) is 26.7. The number of benzene rings is 2. The van der Waals surface area contributed by atoms with Gasteiger partial charge in [0.25, 0.3) is 15.6 Å². The minimum absolute atomic E-state index is 0. The quantitative estimate of drug-likeness (QED) is 0.207. The fourth-order valence-electron chi connectivity index (χ4n) is 4.06.